The summed E-state index contributed by atoms with van der Waals surface area (Å²) in [5, 5.41) is 2.71. The van der Waals surface area contributed by atoms with Crippen LogP contribution in [-0.4, -0.2) is 51.4 Å². The van der Waals surface area contributed by atoms with Gasteiger partial charge in [-0.25, -0.2) is 12.8 Å². The lowest BCUT2D eigenvalue weighted by Gasteiger charge is -2.32. The molecule has 3 aromatic rings. The molecule has 0 radical (unpaired) electrons. The van der Waals surface area contributed by atoms with Gasteiger partial charge in [-0.2, -0.15) is 0 Å². The number of benzene rings is 3. The molecule has 10 heteroatoms. The number of nitrogens with zero attached hydrogens (tertiary/aromatic N) is 2. The summed E-state index contributed by atoms with van der Waals surface area (Å²) >= 11 is 0. The molecule has 0 saturated heterocycles. The molecule has 1 unspecified atom stereocenters. The first-order valence-electron chi connectivity index (χ1n) is 12.1. The standard InChI is InChI=1S/C28H32FN3O5S/c1-5-30-28(34)21(3)31(18-22-7-6-8-25(17-22)37-4)27(33)19-32(24-13-11-23(29)12-14-24)38(35,36)26-15-9-20(2)10-16-26/h6-17,21H,5,18-19H2,1-4H3,(H,30,34). The minimum atomic E-state index is -4.21. The van der Waals surface area contributed by atoms with Crippen molar-refractivity contribution in [3.63, 3.8) is 0 Å². The highest BCUT2D eigenvalue weighted by atomic mass is 32.2. The zero-order valence-electron chi connectivity index (χ0n) is 21.8. The van der Waals surface area contributed by atoms with Gasteiger partial charge < -0.3 is 15.0 Å². The summed E-state index contributed by atoms with van der Waals surface area (Å²) in [6.45, 7) is 4.99. The van der Waals surface area contributed by atoms with Crippen LogP contribution in [0, 0.1) is 12.7 Å². The fourth-order valence-corrected chi connectivity index (χ4v) is 5.26. The van der Waals surface area contributed by atoms with E-state index in [9.17, 15) is 22.4 Å². The number of sulfonamides is 1. The molecule has 1 atom stereocenters. The molecule has 0 heterocycles. The lowest BCUT2D eigenvalue weighted by Crippen LogP contribution is -2.51. The molecule has 0 aliphatic carbocycles. The molecular weight excluding hydrogens is 509 g/mol. The van der Waals surface area contributed by atoms with E-state index in [0.717, 1.165) is 22.0 Å². The van der Waals surface area contributed by atoms with Crippen molar-refractivity contribution in [1.82, 2.24) is 10.2 Å². The van der Waals surface area contributed by atoms with Gasteiger partial charge in [-0.3, -0.25) is 13.9 Å². The van der Waals surface area contributed by atoms with E-state index >= 15 is 0 Å². The maximum atomic E-state index is 13.8. The Bertz CT molecular complexity index is 1360. The van der Waals surface area contributed by atoms with Gasteiger partial charge in [0.15, 0.2) is 0 Å². The normalized spacial score (nSPS) is 11.9. The Morgan fingerprint density at radius 1 is 1.03 bits per heavy atom. The number of carbonyl (C=O) groups is 2. The van der Waals surface area contributed by atoms with Crippen molar-refractivity contribution in [2.24, 2.45) is 0 Å². The fourth-order valence-electron chi connectivity index (χ4n) is 3.85. The van der Waals surface area contributed by atoms with Gasteiger partial charge >= 0.3 is 0 Å². The number of hydrogen-bond donors (Lipinski definition) is 1. The zero-order valence-corrected chi connectivity index (χ0v) is 22.7. The molecule has 0 aliphatic rings. The Morgan fingerprint density at radius 2 is 1.68 bits per heavy atom. The first-order chi connectivity index (χ1) is 18.1. The highest BCUT2D eigenvalue weighted by Crippen LogP contribution is 2.25. The van der Waals surface area contributed by atoms with E-state index in [2.05, 4.69) is 5.32 Å². The highest BCUT2D eigenvalue weighted by Gasteiger charge is 2.32. The number of ether oxygens (including phenoxy) is 1. The van der Waals surface area contributed by atoms with Gasteiger partial charge in [-0.1, -0.05) is 29.8 Å². The van der Waals surface area contributed by atoms with Crippen molar-refractivity contribution in [1.29, 1.82) is 0 Å². The van der Waals surface area contributed by atoms with Crippen LogP contribution in [0.4, 0.5) is 10.1 Å². The third-order valence-corrected chi connectivity index (χ3v) is 7.80. The molecule has 3 aromatic carbocycles. The first-order valence-corrected chi connectivity index (χ1v) is 13.6. The summed E-state index contributed by atoms with van der Waals surface area (Å²) < 4.78 is 47.3. The molecule has 2 amide bonds. The molecule has 3 rings (SSSR count). The lowest BCUT2D eigenvalue weighted by molar-refractivity contribution is -0.139. The van der Waals surface area contributed by atoms with Crippen LogP contribution >= 0.6 is 0 Å². The van der Waals surface area contributed by atoms with Crippen LogP contribution in [0.1, 0.15) is 25.0 Å². The number of nitrogens with one attached hydrogen (secondary N) is 1. The first kappa shape index (κ1) is 28.6. The number of anilines is 1. The highest BCUT2D eigenvalue weighted by molar-refractivity contribution is 7.92. The summed E-state index contributed by atoms with van der Waals surface area (Å²) in [4.78, 5) is 27.8. The lowest BCUT2D eigenvalue weighted by atomic mass is 10.1. The number of amides is 2. The largest absolute Gasteiger partial charge is 0.497 e. The molecule has 8 nitrogen and oxygen atoms in total. The van der Waals surface area contributed by atoms with Crippen molar-refractivity contribution in [2.75, 3.05) is 24.5 Å². The zero-order chi connectivity index (χ0) is 27.9. The average Bonchev–Trinajstić information content (AvgIpc) is 2.91. The molecule has 0 fully saturated rings. The number of halogens is 1. The molecule has 0 spiro atoms. The SMILES string of the molecule is CCNC(=O)C(C)N(Cc1cccc(OC)c1)C(=O)CN(c1ccc(F)cc1)S(=O)(=O)c1ccc(C)cc1. The van der Waals surface area contributed by atoms with Gasteiger partial charge in [0.05, 0.1) is 17.7 Å². The van der Waals surface area contributed by atoms with Crippen molar-refractivity contribution >= 4 is 27.5 Å². The maximum absolute atomic E-state index is 13.8. The topological polar surface area (TPSA) is 96.0 Å². The van der Waals surface area contributed by atoms with Gasteiger partial charge in [0.1, 0.15) is 24.2 Å². The van der Waals surface area contributed by atoms with Crippen molar-refractivity contribution in [3.05, 3.63) is 89.7 Å². The number of likely N-dealkylation sites (N-methyl/N-ethyl adjacent to an activating group) is 1. The van der Waals surface area contributed by atoms with Crippen molar-refractivity contribution in [3.8, 4) is 5.75 Å². The summed E-state index contributed by atoms with van der Waals surface area (Å²) in [7, 11) is -2.69. The van der Waals surface area contributed by atoms with Crippen LogP contribution in [-0.2, 0) is 26.2 Å². The second-order valence-electron chi connectivity index (χ2n) is 8.74. The molecule has 0 bridgehead atoms. The smallest absolute Gasteiger partial charge is 0.264 e. The monoisotopic (exact) mass is 541 g/mol. The molecule has 202 valence electrons. The summed E-state index contributed by atoms with van der Waals surface area (Å²) in [5.41, 5.74) is 1.68. The molecule has 0 saturated carbocycles. The van der Waals surface area contributed by atoms with E-state index in [1.165, 1.54) is 36.3 Å². The van der Waals surface area contributed by atoms with Gasteiger partial charge in [0.2, 0.25) is 11.8 Å². The van der Waals surface area contributed by atoms with E-state index in [4.69, 9.17) is 4.74 Å². The third-order valence-electron chi connectivity index (χ3n) is 6.01. The maximum Gasteiger partial charge on any atom is 0.264 e. The Kier molecular flexibility index (Phi) is 9.46. The van der Waals surface area contributed by atoms with E-state index < -0.39 is 34.3 Å². The van der Waals surface area contributed by atoms with Crippen LogP contribution in [0.2, 0.25) is 0 Å². The predicted molar refractivity (Wildman–Crippen MR) is 144 cm³/mol. The summed E-state index contributed by atoms with van der Waals surface area (Å²) in [6, 6.07) is 17.2. The van der Waals surface area contributed by atoms with E-state index in [1.807, 2.05) is 6.92 Å². The van der Waals surface area contributed by atoms with Crippen molar-refractivity contribution in [2.45, 2.75) is 38.3 Å². The Balaban J connectivity index is 2.02. The molecule has 38 heavy (non-hydrogen) atoms. The van der Waals surface area contributed by atoms with Gasteiger partial charge in [0, 0.05) is 13.1 Å². The number of aryl methyl sites for hydroxylation is 1. The summed E-state index contributed by atoms with van der Waals surface area (Å²) in [5.74, 6) is -0.947. The van der Waals surface area contributed by atoms with E-state index in [-0.39, 0.29) is 23.0 Å². The summed E-state index contributed by atoms with van der Waals surface area (Å²) in [6.07, 6.45) is 0. The number of carbonyl (C=O) groups excluding carboxylic acids is 2. The van der Waals surface area contributed by atoms with E-state index in [0.29, 0.717) is 17.9 Å². The van der Waals surface area contributed by atoms with E-state index in [1.54, 1.807) is 50.2 Å². The van der Waals surface area contributed by atoms with Crippen molar-refractivity contribution < 1.29 is 27.1 Å². The van der Waals surface area contributed by atoms with Crippen LogP contribution in [0.3, 0.4) is 0 Å². The van der Waals surface area contributed by atoms with Crippen LogP contribution in [0.5, 0.6) is 5.75 Å². The third kappa shape index (κ3) is 6.89. The van der Waals surface area contributed by atoms with Gasteiger partial charge in [-0.05, 0) is 74.9 Å². The number of methoxy groups -OCH3 is 1. The molecular formula is C28H32FN3O5S. The van der Waals surface area contributed by atoms with Gasteiger partial charge in [-0.15, -0.1) is 0 Å². The average molecular weight is 542 g/mol. The second kappa shape index (κ2) is 12.6. The second-order valence-corrected chi connectivity index (χ2v) is 10.6. The van der Waals surface area contributed by atoms with Gasteiger partial charge in [0.25, 0.3) is 10.0 Å². The minimum absolute atomic E-state index is 0.0173. The van der Waals surface area contributed by atoms with Crippen LogP contribution < -0.4 is 14.4 Å². The Hall–Kier alpha value is -3.92. The quantitative estimate of drug-likeness (QED) is 0.397. The molecule has 0 aromatic heterocycles. The van der Waals surface area contributed by atoms with Crippen LogP contribution in [0.25, 0.3) is 0 Å². The number of rotatable bonds is 11. The Labute approximate surface area is 223 Å². The molecule has 1 N–H and O–H groups in total. The van der Waals surface area contributed by atoms with Crippen LogP contribution in [0.15, 0.2) is 77.7 Å². The molecule has 0 aliphatic heterocycles. The Morgan fingerprint density at radius 3 is 2.29 bits per heavy atom. The minimum Gasteiger partial charge on any atom is -0.497 e. The predicted octanol–water partition coefficient (Wildman–Crippen LogP) is 3.89. The number of hydrogen-bond acceptors (Lipinski definition) is 5. The fraction of sp³-hybridized carbons (Fsp3) is 0.286.